The first kappa shape index (κ1) is 13.1. The molecule has 0 amide bonds. The topological polar surface area (TPSA) is 63.8 Å². The van der Waals surface area contributed by atoms with Crippen molar-refractivity contribution in [2.24, 2.45) is 0 Å². The molecule has 100 valence electrons. The normalized spacial score (nSPS) is 11.4. The highest BCUT2D eigenvalue weighted by atomic mass is 19.4. The van der Waals surface area contributed by atoms with Crippen LogP contribution in [0, 0.1) is 5.82 Å². The summed E-state index contributed by atoms with van der Waals surface area (Å²) in [4.78, 5) is 6.78. The van der Waals surface area contributed by atoms with Crippen molar-refractivity contribution in [3.05, 3.63) is 41.8 Å². The second-order valence-corrected chi connectivity index (χ2v) is 3.62. The van der Waals surface area contributed by atoms with Gasteiger partial charge < -0.3 is 11.1 Å². The highest BCUT2D eigenvalue weighted by molar-refractivity contribution is 5.60. The van der Waals surface area contributed by atoms with E-state index in [2.05, 4.69) is 15.3 Å². The first-order chi connectivity index (χ1) is 8.86. The Bertz CT molecular complexity index is 597. The number of halogens is 4. The lowest BCUT2D eigenvalue weighted by Crippen LogP contribution is -2.12. The molecule has 0 bridgehead atoms. The lowest BCUT2D eigenvalue weighted by Gasteiger charge is -2.13. The second kappa shape index (κ2) is 4.71. The third kappa shape index (κ3) is 3.09. The monoisotopic (exact) mass is 272 g/mol. The molecule has 19 heavy (non-hydrogen) atoms. The van der Waals surface area contributed by atoms with Crippen LogP contribution in [0.2, 0.25) is 0 Å². The smallest absolute Gasteiger partial charge is 0.368 e. The van der Waals surface area contributed by atoms with Gasteiger partial charge in [0.05, 0.1) is 0 Å². The number of nitrogens with zero attached hydrogens (tertiary/aromatic N) is 2. The summed E-state index contributed by atoms with van der Waals surface area (Å²) in [6.45, 7) is 0. The molecule has 0 fully saturated rings. The van der Waals surface area contributed by atoms with Crippen LogP contribution in [0.1, 0.15) is 5.56 Å². The molecule has 2 aromatic rings. The summed E-state index contributed by atoms with van der Waals surface area (Å²) in [5.74, 6) is -1.42. The van der Waals surface area contributed by atoms with Crippen LogP contribution in [0.4, 0.5) is 35.0 Å². The molecule has 0 atom stereocenters. The maximum absolute atomic E-state index is 13.0. The predicted molar refractivity (Wildman–Crippen MR) is 61.1 cm³/mol. The minimum atomic E-state index is -4.64. The molecule has 0 radical (unpaired) electrons. The summed E-state index contributed by atoms with van der Waals surface area (Å²) in [6.07, 6.45) is -4.06. The molecule has 0 aliphatic rings. The van der Waals surface area contributed by atoms with Crippen molar-refractivity contribution in [3.8, 4) is 0 Å². The van der Waals surface area contributed by atoms with Crippen molar-refractivity contribution in [3.63, 3.8) is 0 Å². The van der Waals surface area contributed by atoms with Gasteiger partial charge in [0.1, 0.15) is 17.2 Å². The minimum absolute atomic E-state index is 0.128. The van der Waals surface area contributed by atoms with Crippen LogP contribution in [0.15, 0.2) is 30.5 Å². The lowest BCUT2D eigenvalue weighted by atomic mass is 10.2. The van der Waals surface area contributed by atoms with Crippen molar-refractivity contribution in [2.75, 3.05) is 11.1 Å². The van der Waals surface area contributed by atoms with Gasteiger partial charge in [0, 0.05) is 11.9 Å². The molecule has 0 unspecified atom stereocenters. The van der Waals surface area contributed by atoms with Gasteiger partial charge in [-0.1, -0.05) is 6.07 Å². The number of rotatable bonds is 2. The van der Waals surface area contributed by atoms with Gasteiger partial charge in [-0.2, -0.15) is 18.2 Å². The zero-order chi connectivity index (χ0) is 14.0. The molecule has 3 N–H and O–H groups in total. The van der Waals surface area contributed by atoms with E-state index in [1.165, 1.54) is 18.2 Å². The number of hydrogen-bond acceptors (Lipinski definition) is 4. The van der Waals surface area contributed by atoms with Crippen LogP contribution >= 0.6 is 0 Å². The van der Waals surface area contributed by atoms with Crippen LogP contribution in [-0.4, -0.2) is 9.97 Å². The number of anilines is 3. The highest BCUT2D eigenvalue weighted by Gasteiger charge is 2.35. The Kier molecular flexibility index (Phi) is 3.24. The van der Waals surface area contributed by atoms with Gasteiger partial charge in [-0.3, -0.25) is 0 Å². The van der Waals surface area contributed by atoms with E-state index in [-0.39, 0.29) is 11.6 Å². The van der Waals surface area contributed by atoms with E-state index in [4.69, 9.17) is 5.73 Å². The van der Waals surface area contributed by atoms with Gasteiger partial charge in [0.2, 0.25) is 5.95 Å². The second-order valence-electron chi connectivity index (χ2n) is 3.62. The number of nitrogens with two attached hydrogens (primary N) is 1. The van der Waals surface area contributed by atoms with E-state index >= 15 is 0 Å². The van der Waals surface area contributed by atoms with Crippen molar-refractivity contribution in [1.82, 2.24) is 9.97 Å². The number of aromatic nitrogens is 2. The number of alkyl halides is 3. The van der Waals surface area contributed by atoms with Crippen LogP contribution in [-0.2, 0) is 6.18 Å². The molecule has 0 saturated carbocycles. The van der Waals surface area contributed by atoms with E-state index < -0.39 is 23.4 Å². The zero-order valence-corrected chi connectivity index (χ0v) is 9.37. The summed E-state index contributed by atoms with van der Waals surface area (Å²) < 4.78 is 51.1. The summed E-state index contributed by atoms with van der Waals surface area (Å²) in [5, 5.41) is 2.37. The lowest BCUT2D eigenvalue weighted by molar-refractivity contribution is -0.137. The van der Waals surface area contributed by atoms with E-state index in [9.17, 15) is 17.6 Å². The standard InChI is InChI=1S/C11H8F4N4/c12-6-2-1-3-7(4-6)18-9-8(11(13,14)15)5-17-10(16)19-9/h1-5H,(H3,16,17,18,19). The van der Waals surface area contributed by atoms with Gasteiger partial charge in [-0.25, -0.2) is 9.37 Å². The van der Waals surface area contributed by atoms with Crippen molar-refractivity contribution in [1.29, 1.82) is 0 Å². The Morgan fingerprint density at radius 3 is 2.58 bits per heavy atom. The number of nitrogens with one attached hydrogen (secondary N) is 1. The third-order valence-electron chi connectivity index (χ3n) is 2.20. The Morgan fingerprint density at radius 2 is 1.95 bits per heavy atom. The Labute approximate surface area is 105 Å². The molecule has 1 aromatic heterocycles. The number of hydrogen-bond donors (Lipinski definition) is 2. The van der Waals surface area contributed by atoms with E-state index in [0.29, 0.717) is 6.20 Å². The molecule has 0 aliphatic heterocycles. The average molecular weight is 272 g/mol. The van der Waals surface area contributed by atoms with Crippen LogP contribution in [0.5, 0.6) is 0 Å². The molecule has 0 spiro atoms. The molecule has 0 aliphatic carbocycles. The largest absolute Gasteiger partial charge is 0.421 e. The zero-order valence-electron chi connectivity index (χ0n) is 9.37. The number of nitrogen functional groups attached to an aromatic ring is 1. The molecule has 2 rings (SSSR count). The fourth-order valence-electron chi connectivity index (χ4n) is 1.40. The number of benzene rings is 1. The van der Waals surface area contributed by atoms with Gasteiger partial charge in [-0.05, 0) is 18.2 Å². The summed E-state index contributed by atoms with van der Waals surface area (Å²) in [5.41, 5.74) is 4.30. The van der Waals surface area contributed by atoms with Crippen LogP contribution < -0.4 is 11.1 Å². The maximum Gasteiger partial charge on any atom is 0.421 e. The summed E-state index contributed by atoms with van der Waals surface area (Å²) in [7, 11) is 0. The molecule has 4 nitrogen and oxygen atoms in total. The first-order valence-corrected chi connectivity index (χ1v) is 5.08. The molecule has 1 aromatic carbocycles. The van der Waals surface area contributed by atoms with Crippen molar-refractivity contribution in [2.45, 2.75) is 6.18 Å². The van der Waals surface area contributed by atoms with E-state index in [1.54, 1.807) is 0 Å². The fourth-order valence-corrected chi connectivity index (χ4v) is 1.40. The quantitative estimate of drug-likeness (QED) is 0.825. The highest BCUT2D eigenvalue weighted by Crippen LogP contribution is 2.34. The summed E-state index contributed by atoms with van der Waals surface area (Å²) >= 11 is 0. The van der Waals surface area contributed by atoms with Gasteiger partial charge in [0.15, 0.2) is 0 Å². The van der Waals surface area contributed by atoms with E-state index in [0.717, 1.165) is 6.07 Å². The average Bonchev–Trinajstić information content (AvgIpc) is 2.27. The minimum Gasteiger partial charge on any atom is -0.368 e. The Balaban J connectivity index is 2.41. The first-order valence-electron chi connectivity index (χ1n) is 5.08. The molecule has 1 heterocycles. The van der Waals surface area contributed by atoms with Gasteiger partial charge in [-0.15, -0.1) is 0 Å². The van der Waals surface area contributed by atoms with Gasteiger partial charge in [0.25, 0.3) is 0 Å². The third-order valence-corrected chi connectivity index (χ3v) is 2.20. The van der Waals surface area contributed by atoms with Crippen molar-refractivity contribution < 1.29 is 17.6 Å². The molecular formula is C11H8F4N4. The Morgan fingerprint density at radius 1 is 1.21 bits per heavy atom. The van der Waals surface area contributed by atoms with Crippen LogP contribution in [0.25, 0.3) is 0 Å². The van der Waals surface area contributed by atoms with Crippen LogP contribution in [0.3, 0.4) is 0 Å². The molecule has 8 heteroatoms. The van der Waals surface area contributed by atoms with E-state index in [1.807, 2.05) is 0 Å². The fraction of sp³-hybridized carbons (Fsp3) is 0.0909. The van der Waals surface area contributed by atoms with Gasteiger partial charge >= 0.3 is 6.18 Å². The SMILES string of the molecule is Nc1ncc(C(F)(F)F)c(Nc2cccc(F)c2)n1. The summed E-state index contributed by atoms with van der Waals surface area (Å²) in [6, 6.07) is 4.97. The molecular weight excluding hydrogens is 264 g/mol. The Hall–Kier alpha value is -2.38. The maximum atomic E-state index is 13.0. The van der Waals surface area contributed by atoms with Crippen molar-refractivity contribution >= 4 is 17.5 Å². The predicted octanol–water partition coefficient (Wildman–Crippen LogP) is 2.96. The molecule has 0 saturated heterocycles.